The van der Waals surface area contributed by atoms with Crippen LogP contribution in [0.1, 0.15) is 34.1 Å². The third kappa shape index (κ3) is 6.36. The maximum atomic E-state index is 11.6. The van der Waals surface area contributed by atoms with E-state index in [4.69, 9.17) is 0 Å². The number of nitrogens with one attached hydrogen (secondary N) is 1. The van der Waals surface area contributed by atoms with E-state index in [1.54, 1.807) is 0 Å². The maximum absolute atomic E-state index is 11.6. The number of amides is 1. The van der Waals surface area contributed by atoms with E-state index in [1.165, 1.54) is 0 Å². The molecular weight excluding hydrogens is 242 g/mol. The first-order valence-corrected chi connectivity index (χ1v) is 7.32. The smallest absolute Gasteiger partial charge is 0.221 e. The van der Waals surface area contributed by atoms with Gasteiger partial charge in [0.2, 0.25) is 5.91 Å². The SMILES string of the molecule is CC(O)CN1CCN(CCC(=O)NC(C)C)CC1C. The average molecular weight is 271 g/mol. The fourth-order valence-electron chi connectivity index (χ4n) is 2.54. The van der Waals surface area contributed by atoms with Crippen LogP contribution in [0.5, 0.6) is 0 Å². The monoisotopic (exact) mass is 271 g/mol. The minimum absolute atomic E-state index is 0.133. The lowest BCUT2D eigenvalue weighted by atomic mass is 10.1. The second-order valence-electron chi connectivity index (χ2n) is 5.97. The van der Waals surface area contributed by atoms with Crippen LogP contribution in [0, 0.1) is 0 Å². The van der Waals surface area contributed by atoms with Gasteiger partial charge in [0.05, 0.1) is 6.10 Å². The number of carbonyl (C=O) groups excluding carboxylic acids is 1. The van der Waals surface area contributed by atoms with Crippen molar-refractivity contribution >= 4 is 5.91 Å². The number of piperazine rings is 1. The molecule has 19 heavy (non-hydrogen) atoms. The lowest BCUT2D eigenvalue weighted by Crippen LogP contribution is -2.53. The van der Waals surface area contributed by atoms with Crippen LogP contribution in [-0.4, -0.2) is 71.7 Å². The van der Waals surface area contributed by atoms with Gasteiger partial charge in [0.25, 0.3) is 0 Å². The second-order valence-corrected chi connectivity index (χ2v) is 5.97. The molecule has 1 aliphatic heterocycles. The summed E-state index contributed by atoms with van der Waals surface area (Å²) >= 11 is 0. The lowest BCUT2D eigenvalue weighted by molar-refractivity contribution is -0.122. The quantitative estimate of drug-likeness (QED) is 0.729. The second kappa shape index (κ2) is 7.82. The number of aliphatic hydroxyl groups excluding tert-OH is 1. The molecule has 0 aromatic heterocycles. The first kappa shape index (κ1) is 16.4. The van der Waals surface area contributed by atoms with Crippen molar-refractivity contribution in [2.24, 2.45) is 0 Å². The zero-order chi connectivity index (χ0) is 14.4. The molecule has 1 heterocycles. The maximum Gasteiger partial charge on any atom is 0.221 e. The standard InChI is InChI=1S/C14H29N3O2/c1-11(2)15-14(19)5-6-16-7-8-17(10-13(4)18)12(3)9-16/h11-13,18H,5-10H2,1-4H3,(H,15,19). The molecule has 112 valence electrons. The van der Waals surface area contributed by atoms with Crippen LogP contribution >= 0.6 is 0 Å². The van der Waals surface area contributed by atoms with E-state index in [0.717, 1.165) is 32.7 Å². The Labute approximate surface area is 117 Å². The van der Waals surface area contributed by atoms with Crippen molar-refractivity contribution in [1.82, 2.24) is 15.1 Å². The van der Waals surface area contributed by atoms with Crippen LogP contribution in [0.15, 0.2) is 0 Å². The van der Waals surface area contributed by atoms with Crippen molar-refractivity contribution in [3.8, 4) is 0 Å². The lowest BCUT2D eigenvalue weighted by Gasteiger charge is -2.40. The number of aliphatic hydroxyl groups is 1. The number of rotatable bonds is 6. The van der Waals surface area contributed by atoms with Gasteiger partial charge in [0.1, 0.15) is 0 Å². The molecule has 2 N–H and O–H groups in total. The number of carbonyl (C=O) groups is 1. The van der Waals surface area contributed by atoms with Crippen LogP contribution in [0.25, 0.3) is 0 Å². The van der Waals surface area contributed by atoms with Gasteiger partial charge >= 0.3 is 0 Å². The summed E-state index contributed by atoms with van der Waals surface area (Å²) in [7, 11) is 0. The van der Waals surface area contributed by atoms with E-state index in [9.17, 15) is 9.90 Å². The molecule has 0 spiro atoms. The van der Waals surface area contributed by atoms with E-state index in [1.807, 2.05) is 20.8 Å². The van der Waals surface area contributed by atoms with Crippen molar-refractivity contribution in [2.75, 3.05) is 32.7 Å². The fraction of sp³-hybridized carbons (Fsp3) is 0.929. The molecule has 1 saturated heterocycles. The van der Waals surface area contributed by atoms with E-state index in [-0.39, 0.29) is 18.1 Å². The van der Waals surface area contributed by atoms with Crippen LogP contribution in [0.4, 0.5) is 0 Å². The van der Waals surface area contributed by atoms with Gasteiger partial charge in [-0.05, 0) is 27.7 Å². The number of β-amino-alcohol motifs (C(OH)–C–C–N with tert-alkyl or cyclic N) is 1. The Hall–Kier alpha value is -0.650. The van der Waals surface area contributed by atoms with Gasteiger partial charge in [0.15, 0.2) is 0 Å². The molecule has 0 bridgehead atoms. The summed E-state index contributed by atoms with van der Waals surface area (Å²) in [5.74, 6) is 0.133. The van der Waals surface area contributed by atoms with Crippen molar-refractivity contribution in [3.63, 3.8) is 0 Å². The average Bonchev–Trinajstić information content (AvgIpc) is 2.28. The fourth-order valence-corrected chi connectivity index (χ4v) is 2.54. The summed E-state index contributed by atoms with van der Waals surface area (Å²) in [5.41, 5.74) is 0. The Bertz CT molecular complexity index is 282. The molecule has 0 saturated carbocycles. The van der Waals surface area contributed by atoms with E-state index >= 15 is 0 Å². The van der Waals surface area contributed by atoms with Crippen molar-refractivity contribution in [2.45, 2.75) is 52.3 Å². The molecule has 1 aliphatic rings. The summed E-state index contributed by atoms with van der Waals surface area (Å²) in [6, 6.07) is 0.658. The molecular formula is C14H29N3O2. The third-order valence-electron chi connectivity index (χ3n) is 3.45. The van der Waals surface area contributed by atoms with Crippen molar-refractivity contribution in [1.29, 1.82) is 0 Å². The highest BCUT2D eigenvalue weighted by Crippen LogP contribution is 2.10. The van der Waals surface area contributed by atoms with Gasteiger partial charge < -0.3 is 15.3 Å². The summed E-state index contributed by atoms with van der Waals surface area (Å²) in [6.07, 6.45) is 0.298. The minimum atomic E-state index is -0.272. The van der Waals surface area contributed by atoms with Gasteiger partial charge in [-0.25, -0.2) is 0 Å². The molecule has 0 aromatic carbocycles. The zero-order valence-corrected chi connectivity index (χ0v) is 12.7. The largest absolute Gasteiger partial charge is 0.392 e. The highest BCUT2D eigenvalue weighted by atomic mass is 16.3. The Kier molecular flexibility index (Phi) is 6.75. The highest BCUT2D eigenvalue weighted by molar-refractivity contribution is 5.76. The van der Waals surface area contributed by atoms with Crippen LogP contribution < -0.4 is 5.32 Å². The van der Waals surface area contributed by atoms with Crippen LogP contribution in [0.3, 0.4) is 0 Å². The normalized spacial score (nSPS) is 23.6. The molecule has 5 nitrogen and oxygen atoms in total. The predicted octanol–water partition coefficient (Wildman–Crippen LogP) is 0.288. The molecule has 0 radical (unpaired) electrons. The molecule has 2 unspecified atom stereocenters. The van der Waals surface area contributed by atoms with Crippen LogP contribution in [0.2, 0.25) is 0 Å². The van der Waals surface area contributed by atoms with E-state index in [0.29, 0.717) is 12.5 Å². The van der Waals surface area contributed by atoms with E-state index < -0.39 is 0 Å². The third-order valence-corrected chi connectivity index (χ3v) is 3.45. The molecule has 1 fully saturated rings. The number of hydrogen-bond donors (Lipinski definition) is 2. The van der Waals surface area contributed by atoms with Crippen LogP contribution in [-0.2, 0) is 4.79 Å². The Morgan fingerprint density at radius 1 is 1.37 bits per heavy atom. The van der Waals surface area contributed by atoms with Gasteiger partial charge in [-0.15, -0.1) is 0 Å². The highest BCUT2D eigenvalue weighted by Gasteiger charge is 2.24. The summed E-state index contributed by atoms with van der Waals surface area (Å²) in [4.78, 5) is 16.3. The summed E-state index contributed by atoms with van der Waals surface area (Å²) in [6.45, 7) is 12.5. The van der Waals surface area contributed by atoms with Gasteiger partial charge in [0, 0.05) is 51.2 Å². The molecule has 1 amide bonds. The number of nitrogens with zero attached hydrogens (tertiary/aromatic N) is 2. The van der Waals surface area contributed by atoms with Gasteiger partial charge in [-0.2, -0.15) is 0 Å². The summed E-state index contributed by atoms with van der Waals surface area (Å²) in [5, 5.41) is 12.4. The Morgan fingerprint density at radius 3 is 2.58 bits per heavy atom. The Balaban J connectivity index is 2.26. The molecule has 0 aliphatic carbocycles. The van der Waals surface area contributed by atoms with Gasteiger partial charge in [-0.3, -0.25) is 9.69 Å². The topological polar surface area (TPSA) is 55.8 Å². The van der Waals surface area contributed by atoms with Crippen molar-refractivity contribution < 1.29 is 9.90 Å². The first-order chi connectivity index (χ1) is 8.88. The summed E-state index contributed by atoms with van der Waals surface area (Å²) < 4.78 is 0. The number of hydrogen-bond acceptors (Lipinski definition) is 4. The molecule has 0 aromatic rings. The predicted molar refractivity (Wildman–Crippen MR) is 77.1 cm³/mol. The minimum Gasteiger partial charge on any atom is -0.392 e. The Morgan fingerprint density at radius 2 is 2.05 bits per heavy atom. The molecule has 5 heteroatoms. The zero-order valence-electron chi connectivity index (χ0n) is 12.7. The van der Waals surface area contributed by atoms with Crippen molar-refractivity contribution in [3.05, 3.63) is 0 Å². The molecule has 1 rings (SSSR count). The van der Waals surface area contributed by atoms with Gasteiger partial charge in [-0.1, -0.05) is 0 Å². The first-order valence-electron chi connectivity index (χ1n) is 7.32. The van der Waals surface area contributed by atoms with E-state index in [2.05, 4.69) is 22.0 Å². The molecule has 2 atom stereocenters.